The molecule has 1 aromatic carbocycles. The molecule has 0 saturated heterocycles. The third-order valence-electron chi connectivity index (χ3n) is 3.73. The standard InChI is InChI=1S/C15H19BrINO/c1-11-5-2-8-13(14(11)17)15(19)18(10-4-9-16)12-6-3-7-12/h2,5,8,12H,3-4,6-7,9-10H2,1H3. The molecule has 19 heavy (non-hydrogen) atoms. The van der Waals surface area contributed by atoms with Gasteiger partial charge < -0.3 is 4.90 Å². The van der Waals surface area contributed by atoms with Crippen LogP contribution in [0.4, 0.5) is 0 Å². The van der Waals surface area contributed by atoms with E-state index in [4.69, 9.17) is 0 Å². The maximum absolute atomic E-state index is 12.8. The Morgan fingerprint density at radius 1 is 1.47 bits per heavy atom. The molecule has 0 aromatic heterocycles. The number of hydrogen-bond acceptors (Lipinski definition) is 1. The molecule has 1 fully saturated rings. The molecule has 0 bridgehead atoms. The van der Waals surface area contributed by atoms with Crippen molar-refractivity contribution in [2.75, 3.05) is 11.9 Å². The average molecular weight is 436 g/mol. The van der Waals surface area contributed by atoms with E-state index in [0.717, 1.165) is 40.3 Å². The van der Waals surface area contributed by atoms with Crippen molar-refractivity contribution in [2.24, 2.45) is 0 Å². The first-order chi connectivity index (χ1) is 9.15. The van der Waals surface area contributed by atoms with E-state index in [2.05, 4.69) is 56.4 Å². The summed E-state index contributed by atoms with van der Waals surface area (Å²) in [4.78, 5) is 14.8. The molecule has 0 N–H and O–H groups in total. The van der Waals surface area contributed by atoms with Crippen LogP contribution in [0.5, 0.6) is 0 Å². The van der Waals surface area contributed by atoms with Crippen molar-refractivity contribution in [3.8, 4) is 0 Å². The lowest BCUT2D eigenvalue weighted by molar-refractivity contribution is 0.0580. The first kappa shape index (κ1) is 15.3. The Morgan fingerprint density at radius 2 is 2.21 bits per heavy atom. The highest BCUT2D eigenvalue weighted by Gasteiger charge is 2.29. The zero-order chi connectivity index (χ0) is 13.8. The van der Waals surface area contributed by atoms with Crippen molar-refractivity contribution in [2.45, 2.75) is 38.6 Å². The lowest BCUT2D eigenvalue weighted by Crippen LogP contribution is -2.45. The number of nitrogens with zero attached hydrogens (tertiary/aromatic N) is 1. The Morgan fingerprint density at radius 3 is 2.79 bits per heavy atom. The molecule has 1 aliphatic rings. The van der Waals surface area contributed by atoms with E-state index in [1.54, 1.807) is 0 Å². The lowest BCUT2D eigenvalue weighted by Gasteiger charge is -2.38. The van der Waals surface area contributed by atoms with Gasteiger partial charge in [-0.3, -0.25) is 4.79 Å². The highest BCUT2D eigenvalue weighted by molar-refractivity contribution is 14.1. The molecule has 1 amide bonds. The Hall–Kier alpha value is -0.100. The van der Waals surface area contributed by atoms with Crippen LogP contribution in [-0.4, -0.2) is 28.7 Å². The van der Waals surface area contributed by atoms with Crippen LogP contribution < -0.4 is 0 Å². The minimum Gasteiger partial charge on any atom is -0.336 e. The third-order valence-corrected chi connectivity index (χ3v) is 5.72. The van der Waals surface area contributed by atoms with Crippen molar-refractivity contribution in [3.05, 3.63) is 32.9 Å². The predicted molar refractivity (Wildman–Crippen MR) is 91.0 cm³/mol. The molecule has 1 aliphatic carbocycles. The van der Waals surface area contributed by atoms with Crippen LogP contribution in [0.15, 0.2) is 18.2 Å². The van der Waals surface area contributed by atoms with Crippen LogP contribution in [0.1, 0.15) is 41.6 Å². The topological polar surface area (TPSA) is 20.3 Å². The minimum absolute atomic E-state index is 0.207. The number of rotatable bonds is 5. The van der Waals surface area contributed by atoms with E-state index < -0.39 is 0 Å². The largest absolute Gasteiger partial charge is 0.336 e. The zero-order valence-corrected chi connectivity index (χ0v) is 14.9. The summed E-state index contributed by atoms with van der Waals surface area (Å²) in [5.74, 6) is 0.207. The maximum atomic E-state index is 12.8. The Labute approximate surface area is 137 Å². The van der Waals surface area contributed by atoms with E-state index in [1.165, 1.54) is 12.0 Å². The smallest absolute Gasteiger partial charge is 0.255 e. The zero-order valence-electron chi connectivity index (χ0n) is 11.2. The van der Waals surface area contributed by atoms with E-state index in [0.29, 0.717) is 6.04 Å². The van der Waals surface area contributed by atoms with E-state index in [-0.39, 0.29) is 5.91 Å². The van der Waals surface area contributed by atoms with Gasteiger partial charge in [0.2, 0.25) is 0 Å². The first-order valence-electron chi connectivity index (χ1n) is 6.77. The first-order valence-corrected chi connectivity index (χ1v) is 8.97. The van der Waals surface area contributed by atoms with Gasteiger partial charge >= 0.3 is 0 Å². The van der Waals surface area contributed by atoms with Gasteiger partial charge in [-0.25, -0.2) is 0 Å². The summed E-state index contributed by atoms with van der Waals surface area (Å²) < 4.78 is 1.09. The number of alkyl halides is 1. The fourth-order valence-corrected chi connectivity index (χ4v) is 3.19. The molecule has 104 valence electrons. The lowest BCUT2D eigenvalue weighted by atomic mass is 9.90. The van der Waals surface area contributed by atoms with E-state index in [1.807, 2.05) is 12.1 Å². The van der Waals surface area contributed by atoms with Crippen molar-refractivity contribution in [3.63, 3.8) is 0 Å². The van der Waals surface area contributed by atoms with Crippen LogP contribution in [-0.2, 0) is 0 Å². The number of aryl methyl sites for hydroxylation is 1. The van der Waals surface area contributed by atoms with Crippen molar-refractivity contribution in [1.82, 2.24) is 4.90 Å². The highest BCUT2D eigenvalue weighted by atomic mass is 127. The average Bonchev–Trinajstić information content (AvgIpc) is 2.34. The Kier molecular flexibility index (Phi) is 5.69. The second-order valence-corrected chi connectivity index (χ2v) is 6.93. The van der Waals surface area contributed by atoms with Crippen LogP contribution in [0, 0.1) is 10.5 Å². The molecule has 0 unspecified atom stereocenters. The second kappa shape index (κ2) is 7.07. The number of carbonyl (C=O) groups excluding carboxylic acids is 1. The summed E-state index contributed by atoms with van der Waals surface area (Å²) in [6.07, 6.45) is 4.60. The molecule has 2 rings (SSSR count). The molecule has 0 aliphatic heterocycles. The highest BCUT2D eigenvalue weighted by Crippen LogP contribution is 2.28. The molecule has 0 radical (unpaired) electrons. The van der Waals surface area contributed by atoms with Gasteiger partial charge in [-0.05, 0) is 66.8 Å². The molecule has 4 heteroatoms. The monoisotopic (exact) mass is 435 g/mol. The molecule has 1 saturated carbocycles. The molecular weight excluding hydrogens is 417 g/mol. The number of carbonyl (C=O) groups is 1. The number of halogens is 2. The molecule has 0 heterocycles. The summed E-state index contributed by atoms with van der Waals surface area (Å²) >= 11 is 5.75. The summed E-state index contributed by atoms with van der Waals surface area (Å²) in [6, 6.07) is 6.46. The summed E-state index contributed by atoms with van der Waals surface area (Å²) in [5, 5.41) is 0.953. The van der Waals surface area contributed by atoms with Gasteiger partial charge in [0.15, 0.2) is 0 Å². The van der Waals surface area contributed by atoms with Gasteiger partial charge in [-0.1, -0.05) is 28.1 Å². The maximum Gasteiger partial charge on any atom is 0.255 e. The molecule has 0 spiro atoms. The number of hydrogen-bond donors (Lipinski definition) is 0. The third kappa shape index (κ3) is 3.51. The molecular formula is C15H19BrINO. The minimum atomic E-state index is 0.207. The Bertz CT molecular complexity index is 459. The van der Waals surface area contributed by atoms with Gasteiger partial charge in [0, 0.05) is 21.5 Å². The summed E-state index contributed by atoms with van der Waals surface area (Å²) in [7, 11) is 0. The SMILES string of the molecule is Cc1cccc(C(=O)N(CCCBr)C2CCC2)c1I. The number of benzene rings is 1. The van der Waals surface area contributed by atoms with E-state index in [9.17, 15) is 4.79 Å². The van der Waals surface area contributed by atoms with Gasteiger partial charge in [-0.15, -0.1) is 0 Å². The second-order valence-electron chi connectivity index (χ2n) is 5.06. The van der Waals surface area contributed by atoms with Crippen LogP contribution in [0.3, 0.4) is 0 Å². The fraction of sp³-hybridized carbons (Fsp3) is 0.533. The summed E-state index contributed by atoms with van der Waals surface area (Å²) in [5.41, 5.74) is 2.04. The normalized spacial score (nSPS) is 15.1. The van der Waals surface area contributed by atoms with Gasteiger partial charge in [0.25, 0.3) is 5.91 Å². The van der Waals surface area contributed by atoms with Crippen LogP contribution >= 0.6 is 38.5 Å². The Balaban J connectivity index is 2.20. The molecule has 0 atom stereocenters. The summed E-state index contributed by atoms with van der Waals surface area (Å²) in [6.45, 7) is 2.92. The van der Waals surface area contributed by atoms with Crippen LogP contribution in [0.2, 0.25) is 0 Å². The quantitative estimate of drug-likeness (QED) is 0.496. The predicted octanol–water partition coefficient (Wildman–Crippen LogP) is 4.38. The van der Waals surface area contributed by atoms with Gasteiger partial charge in [-0.2, -0.15) is 0 Å². The van der Waals surface area contributed by atoms with E-state index >= 15 is 0 Å². The number of amides is 1. The van der Waals surface area contributed by atoms with Crippen molar-refractivity contribution >= 4 is 44.4 Å². The van der Waals surface area contributed by atoms with Gasteiger partial charge in [0.05, 0.1) is 5.56 Å². The molecule has 2 nitrogen and oxygen atoms in total. The van der Waals surface area contributed by atoms with Crippen molar-refractivity contribution < 1.29 is 4.79 Å². The van der Waals surface area contributed by atoms with Gasteiger partial charge in [0.1, 0.15) is 0 Å². The van der Waals surface area contributed by atoms with Crippen molar-refractivity contribution in [1.29, 1.82) is 0 Å². The fourth-order valence-electron chi connectivity index (χ4n) is 2.35. The van der Waals surface area contributed by atoms with Crippen LogP contribution in [0.25, 0.3) is 0 Å². The molecule has 1 aromatic rings.